The molecule has 1 N–H and O–H groups in total. The van der Waals surface area contributed by atoms with E-state index in [2.05, 4.69) is 22.3 Å². The van der Waals surface area contributed by atoms with Gasteiger partial charge in [0.25, 0.3) is 0 Å². The fourth-order valence-corrected chi connectivity index (χ4v) is 1.68. The van der Waals surface area contributed by atoms with Crippen LogP contribution in [0.1, 0.15) is 24.5 Å². The first-order valence-corrected chi connectivity index (χ1v) is 6.28. The van der Waals surface area contributed by atoms with Gasteiger partial charge in [0.05, 0.1) is 11.8 Å². The quantitative estimate of drug-likeness (QED) is 0.859. The van der Waals surface area contributed by atoms with Gasteiger partial charge in [-0.05, 0) is 25.1 Å². The Morgan fingerprint density at radius 3 is 2.65 bits per heavy atom. The minimum absolute atomic E-state index is 0.361. The first-order chi connectivity index (χ1) is 9.50. The molecule has 4 nitrogen and oxygen atoms in total. The third-order valence-electron chi connectivity index (χ3n) is 2.70. The maximum absolute atomic E-state index is 12.4. The number of hydrogen-bond donors (Lipinski definition) is 1. The number of halogens is 3. The van der Waals surface area contributed by atoms with Gasteiger partial charge in [-0.2, -0.15) is 18.3 Å². The Labute approximate surface area is 114 Å². The molecule has 2 rings (SSSR count). The van der Waals surface area contributed by atoms with E-state index in [9.17, 15) is 13.2 Å². The number of alkyl halides is 3. The SMILES string of the molecule is CCCNCc1cnn(-c2ccc(C(F)(F)F)cn2)c1. The number of rotatable bonds is 5. The summed E-state index contributed by atoms with van der Waals surface area (Å²) in [7, 11) is 0. The van der Waals surface area contributed by atoms with Crippen molar-refractivity contribution >= 4 is 0 Å². The van der Waals surface area contributed by atoms with Crippen LogP contribution in [0.15, 0.2) is 30.7 Å². The number of pyridine rings is 1. The summed E-state index contributed by atoms with van der Waals surface area (Å²) in [6, 6.07) is 2.30. The lowest BCUT2D eigenvalue weighted by molar-refractivity contribution is -0.137. The van der Waals surface area contributed by atoms with Crippen molar-refractivity contribution < 1.29 is 13.2 Å². The van der Waals surface area contributed by atoms with Crippen molar-refractivity contribution in [3.8, 4) is 5.82 Å². The number of nitrogens with zero attached hydrogens (tertiary/aromatic N) is 3. The Hall–Kier alpha value is -1.89. The molecule has 0 saturated carbocycles. The molecule has 0 aliphatic carbocycles. The topological polar surface area (TPSA) is 42.7 Å². The molecule has 0 atom stereocenters. The fourth-order valence-electron chi connectivity index (χ4n) is 1.68. The Balaban J connectivity index is 2.08. The molecule has 7 heteroatoms. The van der Waals surface area contributed by atoms with Crippen molar-refractivity contribution in [3.63, 3.8) is 0 Å². The maximum Gasteiger partial charge on any atom is 0.417 e. The van der Waals surface area contributed by atoms with E-state index in [0.717, 1.165) is 30.8 Å². The molecule has 0 fully saturated rings. The molecule has 0 spiro atoms. The third kappa shape index (κ3) is 3.57. The average molecular weight is 284 g/mol. The highest BCUT2D eigenvalue weighted by molar-refractivity contribution is 5.26. The van der Waals surface area contributed by atoms with E-state index in [4.69, 9.17) is 0 Å². The van der Waals surface area contributed by atoms with E-state index >= 15 is 0 Å². The molecular weight excluding hydrogens is 269 g/mol. The minimum atomic E-state index is -4.37. The summed E-state index contributed by atoms with van der Waals surface area (Å²) in [5.41, 5.74) is 0.193. The third-order valence-corrected chi connectivity index (χ3v) is 2.70. The Morgan fingerprint density at radius 1 is 1.25 bits per heavy atom. The molecule has 0 bridgehead atoms. The van der Waals surface area contributed by atoms with Crippen LogP contribution in [0.2, 0.25) is 0 Å². The van der Waals surface area contributed by atoms with Gasteiger partial charge in [0.1, 0.15) is 0 Å². The Morgan fingerprint density at radius 2 is 2.05 bits per heavy atom. The lowest BCUT2D eigenvalue weighted by Gasteiger charge is -2.06. The molecule has 0 aliphatic heterocycles. The summed E-state index contributed by atoms with van der Waals surface area (Å²) in [6.45, 7) is 3.65. The lowest BCUT2D eigenvalue weighted by Crippen LogP contribution is -2.13. The van der Waals surface area contributed by atoms with Gasteiger partial charge in [0.2, 0.25) is 0 Å². The molecule has 2 aromatic rings. The van der Waals surface area contributed by atoms with Gasteiger partial charge >= 0.3 is 6.18 Å². The van der Waals surface area contributed by atoms with Crippen LogP contribution < -0.4 is 5.32 Å². The average Bonchev–Trinajstić information content (AvgIpc) is 2.87. The molecule has 0 radical (unpaired) electrons. The van der Waals surface area contributed by atoms with E-state index in [-0.39, 0.29) is 0 Å². The van der Waals surface area contributed by atoms with Crippen LogP contribution in [-0.2, 0) is 12.7 Å². The normalized spacial score (nSPS) is 11.8. The largest absolute Gasteiger partial charge is 0.417 e. The van der Waals surface area contributed by atoms with E-state index in [0.29, 0.717) is 12.4 Å². The predicted octanol–water partition coefficient (Wildman–Crippen LogP) is 2.79. The maximum atomic E-state index is 12.4. The van der Waals surface area contributed by atoms with Crippen LogP contribution in [-0.4, -0.2) is 21.3 Å². The van der Waals surface area contributed by atoms with Crippen molar-refractivity contribution in [2.75, 3.05) is 6.54 Å². The molecule has 20 heavy (non-hydrogen) atoms. The number of nitrogens with one attached hydrogen (secondary N) is 1. The van der Waals surface area contributed by atoms with Crippen LogP contribution in [0.5, 0.6) is 0 Å². The van der Waals surface area contributed by atoms with Crippen molar-refractivity contribution in [2.45, 2.75) is 26.1 Å². The highest BCUT2D eigenvalue weighted by Crippen LogP contribution is 2.28. The van der Waals surface area contributed by atoms with E-state index in [1.807, 2.05) is 0 Å². The predicted molar refractivity (Wildman–Crippen MR) is 68.4 cm³/mol. The number of hydrogen-bond acceptors (Lipinski definition) is 3. The molecule has 2 aromatic heterocycles. The number of aromatic nitrogens is 3. The second-order valence-electron chi connectivity index (χ2n) is 4.37. The minimum Gasteiger partial charge on any atom is -0.313 e. The summed E-state index contributed by atoms with van der Waals surface area (Å²) >= 11 is 0. The van der Waals surface area contributed by atoms with Gasteiger partial charge in [-0.25, -0.2) is 9.67 Å². The van der Waals surface area contributed by atoms with E-state index in [1.54, 1.807) is 12.4 Å². The van der Waals surface area contributed by atoms with Gasteiger partial charge in [-0.1, -0.05) is 6.92 Å². The fraction of sp³-hybridized carbons (Fsp3) is 0.385. The van der Waals surface area contributed by atoms with Crippen molar-refractivity contribution in [2.24, 2.45) is 0 Å². The summed E-state index contributed by atoms with van der Waals surface area (Å²) in [5.74, 6) is 0.361. The summed E-state index contributed by atoms with van der Waals surface area (Å²) < 4.78 is 38.7. The zero-order valence-corrected chi connectivity index (χ0v) is 11.0. The second kappa shape index (κ2) is 6.04. The highest BCUT2D eigenvalue weighted by atomic mass is 19.4. The molecule has 2 heterocycles. The molecule has 0 aromatic carbocycles. The molecule has 108 valence electrons. The van der Waals surface area contributed by atoms with E-state index < -0.39 is 11.7 Å². The Kier molecular flexibility index (Phi) is 4.39. The first-order valence-electron chi connectivity index (χ1n) is 6.28. The second-order valence-corrected chi connectivity index (χ2v) is 4.37. The molecular formula is C13H15F3N4. The van der Waals surface area contributed by atoms with Crippen molar-refractivity contribution in [1.82, 2.24) is 20.1 Å². The van der Waals surface area contributed by atoms with E-state index in [1.165, 1.54) is 10.7 Å². The molecule has 0 aliphatic rings. The van der Waals surface area contributed by atoms with Gasteiger partial charge in [-0.3, -0.25) is 0 Å². The van der Waals surface area contributed by atoms with Gasteiger partial charge < -0.3 is 5.32 Å². The van der Waals surface area contributed by atoms with Crippen LogP contribution >= 0.6 is 0 Å². The molecule has 0 saturated heterocycles. The molecule has 0 amide bonds. The standard InChI is InChI=1S/C13H15F3N4/c1-2-5-17-6-10-7-19-20(9-10)12-4-3-11(8-18-12)13(14,15)16/h3-4,7-9,17H,2,5-6H2,1H3. The highest BCUT2D eigenvalue weighted by Gasteiger charge is 2.30. The van der Waals surface area contributed by atoms with Crippen LogP contribution in [0.25, 0.3) is 5.82 Å². The van der Waals surface area contributed by atoms with Gasteiger partial charge in [0, 0.05) is 24.5 Å². The van der Waals surface area contributed by atoms with Crippen molar-refractivity contribution in [1.29, 1.82) is 0 Å². The molecule has 0 unspecified atom stereocenters. The summed E-state index contributed by atoms with van der Waals surface area (Å²) in [6.07, 6.45) is 0.895. The van der Waals surface area contributed by atoms with Crippen molar-refractivity contribution in [3.05, 3.63) is 41.9 Å². The van der Waals surface area contributed by atoms with Gasteiger partial charge in [0.15, 0.2) is 5.82 Å². The lowest BCUT2D eigenvalue weighted by atomic mass is 10.3. The van der Waals surface area contributed by atoms with Crippen LogP contribution in [0.3, 0.4) is 0 Å². The smallest absolute Gasteiger partial charge is 0.313 e. The zero-order chi connectivity index (χ0) is 14.6. The summed E-state index contributed by atoms with van der Waals surface area (Å²) in [4.78, 5) is 3.79. The van der Waals surface area contributed by atoms with Crippen LogP contribution in [0, 0.1) is 0 Å². The zero-order valence-electron chi connectivity index (χ0n) is 11.0. The summed E-state index contributed by atoms with van der Waals surface area (Å²) in [5, 5.41) is 7.31. The Bertz CT molecular complexity index is 545. The van der Waals surface area contributed by atoms with Crippen LogP contribution in [0.4, 0.5) is 13.2 Å². The van der Waals surface area contributed by atoms with Gasteiger partial charge in [-0.15, -0.1) is 0 Å². The monoisotopic (exact) mass is 284 g/mol. The first kappa shape index (κ1) is 14.5.